The van der Waals surface area contributed by atoms with E-state index in [1.807, 2.05) is 24.3 Å². The van der Waals surface area contributed by atoms with Gasteiger partial charge in [-0.2, -0.15) is 0 Å². The monoisotopic (exact) mass is 325 g/mol. The first-order valence-corrected chi connectivity index (χ1v) is 7.43. The second-order valence-electron chi connectivity index (χ2n) is 5.68. The summed E-state index contributed by atoms with van der Waals surface area (Å²) in [5, 5.41) is 3.27. The number of benzene rings is 1. The van der Waals surface area contributed by atoms with Crippen LogP contribution in [0.25, 0.3) is 0 Å². The molecule has 0 amide bonds. The molecule has 104 valence electrons. The van der Waals surface area contributed by atoms with Gasteiger partial charge in [-0.1, -0.05) is 48.0 Å². The number of nitrogens with one attached hydrogen (secondary N) is 1. The number of carbonyl (C=O) groups excluding carboxylic acids is 1. The van der Waals surface area contributed by atoms with Crippen LogP contribution in [0.5, 0.6) is 0 Å². The summed E-state index contributed by atoms with van der Waals surface area (Å²) in [6.07, 6.45) is 2.16. The van der Waals surface area contributed by atoms with E-state index in [1.54, 1.807) is 0 Å². The highest BCUT2D eigenvalue weighted by atomic mass is 79.9. The first kappa shape index (κ1) is 14.5. The third kappa shape index (κ3) is 3.57. The van der Waals surface area contributed by atoms with E-state index in [0.29, 0.717) is 6.61 Å². The van der Waals surface area contributed by atoms with Gasteiger partial charge in [-0.25, -0.2) is 0 Å². The van der Waals surface area contributed by atoms with E-state index in [0.717, 1.165) is 29.4 Å². The van der Waals surface area contributed by atoms with E-state index < -0.39 is 0 Å². The highest BCUT2D eigenvalue weighted by Gasteiger charge is 2.38. The zero-order chi connectivity index (χ0) is 13.9. The molecule has 1 N–H and O–H groups in total. The van der Waals surface area contributed by atoms with Gasteiger partial charge in [0.2, 0.25) is 0 Å². The third-order valence-electron chi connectivity index (χ3n) is 3.69. The molecular weight excluding hydrogens is 306 g/mol. The van der Waals surface area contributed by atoms with Crippen molar-refractivity contribution in [1.82, 2.24) is 5.32 Å². The topological polar surface area (TPSA) is 38.3 Å². The lowest BCUT2D eigenvalue weighted by Gasteiger charge is -2.37. The van der Waals surface area contributed by atoms with Crippen molar-refractivity contribution in [2.24, 2.45) is 5.41 Å². The second kappa shape index (κ2) is 6.06. The van der Waals surface area contributed by atoms with Crippen LogP contribution in [0.15, 0.2) is 28.7 Å². The number of rotatable bonds is 3. The molecule has 19 heavy (non-hydrogen) atoms. The average Bonchev–Trinajstić information content (AvgIpc) is 2.37. The first-order chi connectivity index (χ1) is 9.00. The van der Waals surface area contributed by atoms with Gasteiger partial charge in [0.05, 0.1) is 0 Å². The molecule has 0 aliphatic carbocycles. The number of halogens is 1. The Hall–Kier alpha value is -0.870. The molecule has 1 fully saturated rings. The molecule has 1 aromatic rings. The molecule has 3 nitrogen and oxygen atoms in total. The van der Waals surface area contributed by atoms with E-state index in [-0.39, 0.29) is 17.4 Å². The van der Waals surface area contributed by atoms with Crippen LogP contribution >= 0.6 is 15.9 Å². The van der Waals surface area contributed by atoms with E-state index in [4.69, 9.17) is 4.74 Å². The molecule has 0 aromatic heterocycles. The molecule has 2 rings (SSSR count). The van der Waals surface area contributed by atoms with Crippen LogP contribution < -0.4 is 5.32 Å². The summed E-state index contributed by atoms with van der Waals surface area (Å²) >= 11 is 3.46. The SMILES string of the molecule is CC1(C)CCCNC1C(=O)OCc1ccccc1Br. The maximum atomic E-state index is 12.2. The largest absolute Gasteiger partial charge is 0.460 e. The van der Waals surface area contributed by atoms with Crippen LogP contribution in [0.1, 0.15) is 32.3 Å². The Morgan fingerprint density at radius 1 is 1.47 bits per heavy atom. The standard InChI is InChI=1S/C15H20BrNO2/c1-15(2)8-5-9-17-13(15)14(18)19-10-11-6-3-4-7-12(11)16/h3-4,6-7,13,17H,5,8-10H2,1-2H3. The van der Waals surface area contributed by atoms with Gasteiger partial charge in [-0.15, -0.1) is 0 Å². The predicted molar refractivity (Wildman–Crippen MR) is 78.7 cm³/mol. The Morgan fingerprint density at radius 2 is 2.21 bits per heavy atom. The van der Waals surface area contributed by atoms with Crippen molar-refractivity contribution in [3.8, 4) is 0 Å². The summed E-state index contributed by atoms with van der Waals surface area (Å²) in [7, 11) is 0. The minimum Gasteiger partial charge on any atom is -0.460 e. The van der Waals surface area contributed by atoms with Gasteiger partial charge < -0.3 is 10.1 Å². The Labute approximate surface area is 122 Å². The van der Waals surface area contributed by atoms with Gasteiger partial charge in [0.15, 0.2) is 0 Å². The fraction of sp³-hybridized carbons (Fsp3) is 0.533. The fourth-order valence-electron chi connectivity index (χ4n) is 2.46. The number of ether oxygens (including phenoxy) is 1. The van der Waals surface area contributed by atoms with E-state index >= 15 is 0 Å². The van der Waals surface area contributed by atoms with Gasteiger partial charge in [0.1, 0.15) is 12.6 Å². The number of hydrogen-bond donors (Lipinski definition) is 1. The second-order valence-corrected chi connectivity index (χ2v) is 6.53. The maximum Gasteiger partial charge on any atom is 0.324 e. The van der Waals surface area contributed by atoms with Crippen LogP contribution in [0.2, 0.25) is 0 Å². The normalized spacial score (nSPS) is 21.9. The molecule has 0 spiro atoms. The molecule has 0 bridgehead atoms. The van der Waals surface area contributed by atoms with E-state index in [2.05, 4.69) is 35.1 Å². The van der Waals surface area contributed by atoms with Crippen molar-refractivity contribution in [2.75, 3.05) is 6.54 Å². The summed E-state index contributed by atoms with van der Waals surface area (Å²) in [5.41, 5.74) is 0.952. The number of piperidine rings is 1. The maximum absolute atomic E-state index is 12.2. The number of carbonyl (C=O) groups is 1. The number of esters is 1. The summed E-state index contributed by atoms with van der Waals surface area (Å²) in [6.45, 7) is 5.43. The first-order valence-electron chi connectivity index (χ1n) is 6.64. The van der Waals surface area contributed by atoms with Crippen molar-refractivity contribution in [3.05, 3.63) is 34.3 Å². The van der Waals surface area contributed by atoms with Gasteiger partial charge in [-0.05, 0) is 30.9 Å². The fourth-order valence-corrected chi connectivity index (χ4v) is 2.86. The van der Waals surface area contributed by atoms with Gasteiger partial charge in [-0.3, -0.25) is 4.79 Å². The smallest absolute Gasteiger partial charge is 0.324 e. The Morgan fingerprint density at radius 3 is 2.89 bits per heavy atom. The molecule has 0 radical (unpaired) electrons. The summed E-state index contributed by atoms with van der Waals surface area (Å²) in [6, 6.07) is 7.59. The minimum absolute atomic E-state index is 0.0384. The highest BCUT2D eigenvalue weighted by Crippen LogP contribution is 2.31. The highest BCUT2D eigenvalue weighted by molar-refractivity contribution is 9.10. The lowest BCUT2D eigenvalue weighted by Crippen LogP contribution is -2.52. The van der Waals surface area contributed by atoms with Crippen molar-refractivity contribution in [1.29, 1.82) is 0 Å². The molecule has 4 heteroatoms. The van der Waals surface area contributed by atoms with Gasteiger partial charge in [0, 0.05) is 10.0 Å². The van der Waals surface area contributed by atoms with Crippen LogP contribution in [0.4, 0.5) is 0 Å². The van der Waals surface area contributed by atoms with Crippen LogP contribution in [0, 0.1) is 5.41 Å². The average molecular weight is 326 g/mol. The van der Waals surface area contributed by atoms with Crippen LogP contribution in [0.3, 0.4) is 0 Å². The molecule has 1 atom stereocenters. The van der Waals surface area contributed by atoms with Crippen molar-refractivity contribution >= 4 is 21.9 Å². The Kier molecular flexibility index (Phi) is 4.63. The quantitative estimate of drug-likeness (QED) is 0.867. The summed E-state index contributed by atoms with van der Waals surface area (Å²) in [5.74, 6) is -0.152. The molecule has 0 saturated carbocycles. The summed E-state index contributed by atoms with van der Waals surface area (Å²) in [4.78, 5) is 12.2. The predicted octanol–water partition coefficient (Wildman–Crippen LogP) is 3.27. The van der Waals surface area contributed by atoms with Crippen LogP contribution in [-0.2, 0) is 16.1 Å². The zero-order valence-electron chi connectivity index (χ0n) is 11.4. The molecule has 1 heterocycles. The lowest BCUT2D eigenvalue weighted by atomic mass is 9.77. The number of hydrogen-bond acceptors (Lipinski definition) is 3. The lowest BCUT2D eigenvalue weighted by molar-refractivity contribution is -0.151. The third-order valence-corrected chi connectivity index (χ3v) is 4.46. The van der Waals surface area contributed by atoms with Crippen molar-refractivity contribution < 1.29 is 9.53 Å². The van der Waals surface area contributed by atoms with Gasteiger partial charge >= 0.3 is 5.97 Å². The zero-order valence-corrected chi connectivity index (χ0v) is 13.0. The molecule has 1 saturated heterocycles. The molecule has 1 aliphatic rings. The molecular formula is C15H20BrNO2. The minimum atomic E-state index is -0.205. The van der Waals surface area contributed by atoms with Crippen LogP contribution in [-0.4, -0.2) is 18.6 Å². The molecule has 1 aliphatic heterocycles. The van der Waals surface area contributed by atoms with E-state index in [1.165, 1.54) is 0 Å². The van der Waals surface area contributed by atoms with Crippen molar-refractivity contribution in [2.45, 2.75) is 39.3 Å². The van der Waals surface area contributed by atoms with E-state index in [9.17, 15) is 4.79 Å². The summed E-state index contributed by atoms with van der Waals surface area (Å²) < 4.78 is 6.42. The molecule has 1 unspecified atom stereocenters. The Bertz CT molecular complexity index is 459. The molecule has 1 aromatic carbocycles. The van der Waals surface area contributed by atoms with Gasteiger partial charge in [0.25, 0.3) is 0 Å². The van der Waals surface area contributed by atoms with Crippen molar-refractivity contribution in [3.63, 3.8) is 0 Å². The Balaban J connectivity index is 1.96.